The van der Waals surface area contributed by atoms with Gasteiger partial charge in [-0.1, -0.05) is 0 Å². The molecule has 1 N–H and O–H groups in total. The highest BCUT2D eigenvalue weighted by atomic mass is 32.2. The molecule has 1 heterocycles. The van der Waals surface area contributed by atoms with E-state index in [-0.39, 0.29) is 15.6 Å². The second kappa shape index (κ2) is 6.47. The van der Waals surface area contributed by atoms with Gasteiger partial charge in [0, 0.05) is 20.2 Å². The lowest BCUT2D eigenvalue weighted by atomic mass is 10.3. The molecule has 8 heteroatoms. The molecule has 0 bridgehead atoms. The van der Waals surface area contributed by atoms with Gasteiger partial charge in [0.05, 0.1) is 6.61 Å². The van der Waals surface area contributed by atoms with Crippen LogP contribution in [0.2, 0.25) is 0 Å². The summed E-state index contributed by atoms with van der Waals surface area (Å²) in [5.74, 6) is -1.11. The third kappa shape index (κ3) is 3.75. The number of aryl methyl sites for hydroxylation is 1. The smallest absolute Gasteiger partial charge is 0.346 e. The van der Waals surface area contributed by atoms with Crippen molar-refractivity contribution in [2.24, 2.45) is 0 Å². The van der Waals surface area contributed by atoms with Gasteiger partial charge in [0.2, 0.25) is 0 Å². The minimum absolute atomic E-state index is 0.0430. The quantitative estimate of drug-likeness (QED) is 0.770. The summed E-state index contributed by atoms with van der Waals surface area (Å²) in [4.78, 5) is 11.0. The molecule has 0 unspecified atom stereocenters. The molecule has 1 rings (SSSR count). The van der Waals surface area contributed by atoms with Crippen molar-refractivity contribution in [2.45, 2.75) is 18.1 Å². The number of carboxylic acid groups (broad SMARTS) is 1. The molecule has 0 radical (unpaired) electrons. The van der Waals surface area contributed by atoms with E-state index in [2.05, 4.69) is 0 Å². The van der Waals surface area contributed by atoms with Gasteiger partial charge in [-0.15, -0.1) is 11.3 Å². The van der Waals surface area contributed by atoms with Crippen LogP contribution in [0.1, 0.15) is 22.2 Å². The van der Waals surface area contributed by atoms with E-state index in [1.165, 1.54) is 17.4 Å². The number of carboxylic acids is 1. The van der Waals surface area contributed by atoms with Crippen molar-refractivity contribution in [3.05, 3.63) is 16.5 Å². The number of likely N-dealkylation sites (N-methyl/N-ethyl adjacent to an activating group) is 1. The van der Waals surface area contributed by atoms with Crippen molar-refractivity contribution in [3.63, 3.8) is 0 Å². The number of sulfonamides is 1. The number of aromatic carboxylic acids is 1. The molecule has 108 valence electrons. The second-order valence-electron chi connectivity index (χ2n) is 3.91. The molecule has 0 spiro atoms. The SMILES string of the molecule is CCOCCN(C)S(=O)(=O)c1cc(C)c(C(=O)O)s1. The molecule has 0 aromatic carbocycles. The average molecular weight is 307 g/mol. The fraction of sp³-hybridized carbons (Fsp3) is 0.545. The van der Waals surface area contributed by atoms with E-state index in [9.17, 15) is 13.2 Å². The molecule has 0 saturated heterocycles. The Hall–Kier alpha value is -0.960. The largest absolute Gasteiger partial charge is 0.477 e. The third-order valence-corrected chi connectivity index (χ3v) is 6.04. The topological polar surface area (TPSA) is 83.9 Å². The minimum atomic E-state index is -3.65. The molecular formula is C11H17NO5S2. The Morgan fingerprint density at radius 3 is 2.63 bits per heavy atom. The first-order valence-corrected chi connectivity index (χ1v) is 7.94. The maximum Gasteiger partial charge on any atom is 0.346 e. The van der Waals surface area contributed by atoms with Gasteiger partial charge in [0.15, 0.2) is 0 Å². The van der Waals surface area contributed by atoms with Gasteiger partial charge in [0.1, 0.15) is 9.09 Å². The van der Waals surface area contributed by atoms with Gasteiger partial charge in [-0.2, -0.15) is 4.31 Å². The fourth-order valence-corrected chi connectivity index (χ4v) is 4.15. The summed E-state index contributed by atoms with van der Waals surface area (Å²) in [5.41, 5.74) is 0.453. The standard InChI is InChI=1S/C11H17NO5S2/c1-4-17-6-5-12(3)19(15,16)9-7-8(2)10(18-9)11(13)14/h7H,4-6H2,1-3H3,(H,13,14). The van der Waals surface area contributed by atoms with Gasteiger partial charge in [-0.25, -0.2) is 13.2 Å². The molecule has 6 nitrogen and oxygen atoms in total. The number of nitrogens with zero attached hydrogens (tertiary/aromatic N) is 1. The van der Waals surface area contributed by atoms with E-state index in [1.807, 2.05) is 6.92 Å². The van der Waals surface area contributed by atoms with Crippen molar-refractivity contribution < 1.29 is 23.1 Å². The average Bonchev–Trinajstić information content (AvgIpc) is 2.72. The Morgan fingerprint density at radius 2 is 2.16 bits per heavy atom. The molecular weight excluding hydrogens is 290 g/mol. The van der Waals surface area contributed by atoms with Crippen LogP contribution in [0, 0.1) is 6.92 Å². The van der Waals surface area contributed by atoms with Crippen molar-refractivity contribution in [3.8, 4) is 0 Å². The predicted molar refractivity (Wildman–Crippen MR) is 72.3 cm³/mol. The molecule has 0 aliphatic carbocycles. The summed E-state index contributed by atoms with van der Waals surface area (Å²) in [5, 5.41) is 8.94. The molecule has 0 amide bonds. The Morgan fingerprint density at radius 1 is 1.53 bits per heavy atom. The highest BCUT2D eigenvalue weighted by Crippen LogP contribution is 2.27. The minimum Gasteiger partial charge on any atom is -0.477 e. The van der Waals surface area contributed by atoms with E-state index in [1.54, 1.807) is 6.92 Å². The zero-order chi connectivity index (χ0) is 14.6. The number of rotatable bonds is 7. The monoisotopic (exact) mass is 307 g/mol. The van der Waals surface area contributed by atoms with Crippen LogP contribution in [0.4, 0.5) is 0 Å². The van der Waals surface area contributed by atoms with Gasteiger partial charge in [-0.05, 0) is 25.5 Å². The number of ether oxygens (including phenoxy) is 1. The number of carbonyl (C=O) groups is 1. The maximum absolute atomic E-state index is 12.2. The highest BCUT2D eigenvalue weighted by molar-refractivity contribution is 7.91. The molecule has 1 aromatic rings. The Labute approximate surface area is 116 Å². The van der Waals surface area contributed by atoms with Crippen LogP contribution in [0.15, 0.2) is 10.3 Å². The zero-order valence-electron chi connectivity index (χ0n) is 11.0. The Bertz CT molecular complexity index is 549. The highest BCUT2D eigenvalue weighted by Gasteiger charge is 2.25. The molecule has 0 aliphatic rings. The lowest BCUT2D eigenvalue weighted by molar-refractivity contribution is 0.0701. The Balaban J connectivity index is 2.94. The summed E-state index contributed by atoms with van der Waals surface area (Å²) in [6.07, 6.45) is 0. The first kappa shape index (κ1) is 16.1. The van der Waals surface area contributed by atoms with Gasteiger partial charge < -0.3 is 9.84 Å². The van der Waals surface area contributed by atoms with Crippen LogP contribution in [0.25, 0.3) is 0 Å². The molecule has 0 aliphatic heterocycles. The number of hydrogen-bond donors (Lipinski definition) is 1. The van der Waals surface area contributed by atoms with Crippen LogP contribution in [-0.4, -0.2) is 50.6 Å². The summed E-state index contributed by atoms with van der Waals surface area (Å²) >= 11 is 0.772. The first-order valence-electron chi connectivity index (χ1n) is 5.68. The van der Waals surface area contributed by atoms with Gasteiger partial charge >= 0.3 is 5.97 Å². The Kier molecular flexibility index (Phi) is 5.48. The van der Waals surface area contributed by atoms with Crippen molar-refractivity contribution in [1.29, 1.82) is 0 Å². The van der Waals surface area contributed by atoms with Crippen molar-refractivity contribution in [2.75, 3.05) is 26.8 Å². The van der Waals surface area contributed by atoms with E-state index in [0.29, 0.717) is 18.8 Å². The predicted octanol–water partition coefficient (Wildman–Crippen LogP) is 1.41. The molecule has 0 fully saturated rings. The summed E-state index contributed by atoms with van der Waals surface area (Å²) in [6.45, 7) is 4.47. The summed E-state index contributed by atoms with van der Waals surface area (Å²) < 4.78 is 30.7. The van der Waals surface area contributed by atoms with Gasteiger partial charge in [0.25, 0.3) is 10.0 Å². The van der Waals surface area contributed by atoms with E-state index < -0.39 is 16.0 Å². The number of hydrogen-bond acceptors (Lipinski definition) is 5. The molecule has 0 saturated carbocycles. The number of thiophene rings is 1. The first-order chi connectivity index (χ1) is 8.80. The lowest BCUT2D eigenvalue weighted by Crippen LogP contribution is -2.29. The molecule has 1 aromatic heterocycles. The van der Waals surface area contributed by atoms with E-state index in [4.69, 9.17) is 9.84 Å². The van der Waals surface area contributed by atoms with Crippen molar-refractivity contribution >= 4 is 27.3 Å². The van der Waals surface area contributed by atoms with Crippen LogP contribution >= 0.6 is 11.3 Å². The van der Waals surface area contributed by atoms with Crippen LogP contribution in [0.3, 0.4) is 0 Å². The van der Waals surface area contributed by atoms with E-state index in [0.717, 1.165) is 11.3 Å². The third-order valence-electron chi connectivity index (χ3n) is 2.51. The fourth-order valence-electron chi connectivity index (χ4n) is 1.40. The molecule has 19 heavy (non-hydrogen) atoms. The second-order valence-corrected chi connectivity index (χ2v) is 7.23. The van der Waals surface area contributed by atoms with Gasteiger partial charge in [-0.3, -0.25) is 0 Å². The van der Waals surface area contributed by atoms with Crippen molar-refractivity contribution in [1.82, 2.24) is 4.31 Å². The van der Waals surface area contributed by atoms with Crippen LogP contribution in [0.5, 0.6) is 0 Å². The van der Waals surface area contributed by atoms with Crippen LogP contribution in [-0.2, 0) is 14.8 Å². The zero-order valence-corrected chi connectivity index (χ0v) is 12.7. The maximum atomic E-state index is 12.2. The lowest BCUT2D eigenvalue weighted by Gasteiger charge is -2.15. The molecule has 0 atom stereocenters. The summed E-state index contributed by atoms with van der Waals surface area (Å²) in [7, 11) is -2.20. The summed E-state index contributed by atoms with van der Waals surface area (Å²) in [6, 6.07) is 1.39. The van der Waals surface area contributed by atoms with Crippen LogP contribution < -0.4 is 0 Å². The normalized spacial score (nSPS) is 12.0. The van der Waals surface area contributed by atoms with E-state index >= 15 is 0 Å².